The average molecular weight is 850 g/mol. The third-order valence-electron chi connectivity index (χ3n) is 9.80. The molecule has 0 saturated carbocycles. The maximum atomic E-state index is 12.7. The summed E-state index contributed by atoms with van der Waals surface area (Å²) >= 11 is 0. The number of nitrogens with zero attached hydrogens (tertiary/aromatic N) is 1. The molecule has 0 aliphatic rings. The van der Waals surface area contributed by atoms with Gasteiger partial charge in [-0.25, -0.2) is 0 Å². The lowest BCUT2D eigenvalue weighted by Crippen LogP contribution is -2.37. The van der Waals surface area contributed by atoms with Gasteiger partial charge in [0.1, 0.15) is 19.8 Å². The van der Waals surface area contributed by atoms with Crippen LogP contribution in [0.4, 0.5) is 0 Å². The lowest BCUT2D eigenvalue weighted by Gasteiger charge is -2.28. The molecule has 2 atom stereocenters. The molecule has 0 aromatic rings. The molecule has 0 aliphatic heterocycles. The van der Waals surface area contributed by atoms with Crippen molar-refractivity contribution < 1.29 is 42.1 Å². The largest absolute Gasteiger partial charge is 0.756 e. The lowest BCUT2D eigenvalue weighted by molar-refractivity contribution is -0.870. The van der Waals surface area contributed by atoms with Crippen molar-refractivity contribution in [3.05, 3.63) is 60.8 Å². The molecule has 1 unspecified atom stereocenters. The normalized spacial score (nSPS) is 14.1. The molecule has 0 rings (SSSR count). The highest BCUT2D eigenvalue weighted by Crippen LogP contribution is 2.38. The minimum atomic E-state index is -4.64. The maximum absolute atomic E-state index is 12.7. The highest BCUT2D eigenvalue weighted by atomic mass is 31.2. The summed E-state index contributed by atoms with van der Waals surface area (Å²) in [6.45, 7) is 4.12. The summed E-state index contributed by atoms with van der Waals surface area (Å²) in [4.78, 5) is 37.6. The van der Waals surface area contributed by atoms with E-state index in [1.165, 1.54) is 103 Å². The molecule has 0 heterocycles. The van der Waals surface area contributed by atoms with Crippen LogP contribution in [0.5, 0.6) is 0 Å². The Labute approximate surface area is 362 Å². The predicted octanol–water partition coefficient (Wildman–Crippen LogP) is 13.0. The van der Waals surface area contributed by atoms with Crippen molar-refractivity contribution in [3.63, 3.8) is 0 Å². The van der Waals surface area contributed by atoms with E-state index in [0.717, 1.165) is 44.9 Å². The Morgan fingerprint density at radius 3 is 1.42 bits per heavy atom. The van der Waals surface area contributed by atoms with Gasteiger partial charge < -0.3 is 27.9 Å². The topological polar surface area (TPSA) is 111 Å². The molecule has 9 nitrogen and oxygen atoms in total. The summed E-state index contributed by atoms with van der Waals surface area (Å²) in [5, 5.41) is 0. The van der Waals surface area contributed by atoms with E-state index >= 15 is 0 Å². The Hall–Kier alpha value is -2.29. The molecule has 0 bridgehead atoms. The van der Waals surface area contributed by atoms with Crippen LogP contribution in [0.3, 0.4) is 0 Å². The van der Waals surface area contributed by atoms with Gasteiger partial charge >= 0.3 is 11.9 Å². The zero-order valence-corrected chi connectivity index (χ0v) is 39.3. The Kier molecular flexibility index (Phi) is 39.5. The molecule has 0 N–H and O–H groups in total. The van der Waals surface area contributed by atoms with Crippen molar-refractivity contribution in [2.45, 2.75) is 193 Å². The number of hydrogen-bond acceptors (Lipinski definition) is 8. The van der Waals surface area contributed by atoms with E-state index in [2.05, 4.69) is 62.5 Å². The molecule has 10 heteroatoms. The van der Waals surface area contributed by atoms with E-state index in [-0.39, 0.29) is 26.1 Å². The van der Waals surface area contributed by atoms with Crippen molar-refractivity contribution >= 4 is 19.8 Å². The summed E-state index contributed by atoms with van der Waals surface area (Å²) in [6, 6.07) is 0. The molecular weight excluding hydrogens is 762 g/mol. The number of carbonyl (C=O) groups is 2. The number of phosphoric acid groups is 1. The molecule has 0 amide bonds. The van der Waals surface area contributed by atoms with Crippen molar-refractivity contribution in [2.24, 2.45) is 0 Å². The van der Waals surface area contributed by atoms with Crippen LogP contribution in [0.1, 0.15) is 187 Å². The predicted molar refractivity (Wildman–Crippen MR) is 245 cm³/mol. The van der Waals surface area contributed by atoms with Crippen LogP contribution in [0, 0.1) is 0 Å². The third-order valence-corrected chi connectivity index (χ3v) is 10.8. The first-order chi connectivity index (χ1) is 28.5. The van der Waals surface area contributed by atoms with E-state index in [1.54, 1.807) is 0 Å². The van der Waals surface area contributed by atoms with E-state index in [1.807, 2.05) is 33.3 Å². The highest BCUT2D eigenvalue weighted by Gasteiger charge is 2.21. The molecule has 0 aliphatic carbocycles. The number of esters is 2. The van der Waals surface area contributed by atoms with Gasteiger partial charge in [0.15, 0.2) is 6.10 Å². The van der Waals surface area contributed by atoms with Crippen LogP contribution >= 0.6 is 7.82 Å². The lowest BCUT2D eigenvalue weighted by atomic mass is 10.0. The highest BCUT2D eigenvalue weighted by molar-refractivity contribution is 7.45. The van der Waals surface area contributed by atoms with Gasteiger partial charge in [-0.3, -0.25) is 14.2 Å². The minimum absolute atomic E-state index is 0.0428. The Morgan fingerprint density at radius 1 is 0.525 bits per heavy atom. The molecule has 0 aromatic carbocycles. The number of hydrogen-bond donors (Lipinski definition) is 0. The zero-order valence-electron chi connectivity index (χ0n) is 38.4. The Morgan fingerprint density at radius 2 is 0.949 bits per heavy atom. The van der Waals surface area contributed by atoms with Gasteiger partial charge in [-0.05, 0) is 51.4 Å². The van der Waals surface area contributed by atoms with Crippen molar-refractivity contribution in [2.75, 3.05) is 47.5 Å². The Bertz CT molecular complexity index is 1190. The second-order valence-corrected chi connectivity index (χ2v) is 18.2. The van der Waals surface area contributed by atoms with Crippen molar-refractivity contribution in [1.29, 1.82) is 0 Å². The minimum Gasteiger partial charge on any atom is -0.756 e. The summed E-state index contributed by atoms with van der Waals surface area (Å²) in [5.74, 6) is -0.929. The summed E-state index contributed by atoms with van der Waals surface area (Å²) in [7, 11) is 1.13. The zero-order chi connectivity index (χ0) is 43.6. The molecule has 59 heavy (non-hydrogen) atoms. The van der Waals surface area contributed by atoms with Crippen LogP contribution in [0.2, 0.25) is 0 Å². The fraction of sp³-hybridized carbons (Fsp3) is 0.755. The van der Waals surface area contributed by atoms with Crippen molar-refractivity contribution in [1.82, 2.24) is 0 Å². The monoisotopic (exact) mass is 850 g/mol. The second-order valence-electron chi connectivity index (χ2n) is 16.8. The quantitative estimate of drug-likeness (QED) is 0.0196. The van der Waals surface area contributed by atoms with Gasteiger partial charge in [0, 0.05) is 12.8 Å². The first kappa shape index (κ1) is 56.7. The van der Waals surface area contributed by atoms with E-state index in [4.69, 9.17) is 18.5 Å². The van der Waals surface area contributed by atoms with Gasteiger partial charge in [-0.15, -0.1) is 0 Å². The standard InChI is InChI=1S/C49H88NO8P/c1-6-8-10-12-14-16-18-20-22-24-25-26-28-29-31-33-35-37-39-41-48(51)55-45-47(46-57-59(53,54)56-44-43-50(3,4)5)58-49(52)42-40-38-36-34-32-30-27-23-21-19-17-15-13-11-9-7-2/h14,16,20,22,25-26,29,31,35,37,47H,6-13,15,17-19,21,23-24,27-28,30,32-34,36,38-46H2,1-5H3/b16-14+,22-20+,26-25+,31-29+,37-35+/t47-/m1/s1. The van der Waals surface area contributed by atoms with Crippen LogP contribution in [0.25, 0.3) is 0 Å². The fourth-order valence-corrected chi connectivity index (χ4v) is 6.84. The van der Waals surface area contributed by atoms with Crippen LogP contribution < -0.4 is 4.89 Å². The molecule has 342 valence electrons. The van der Waals surface area contributed by atoms with Gasteiger partial charge in [-0.2, -0.15) is 0 Å². The SMILES string of the molecule is CCCCC/C=C/C/C=C/C/C=C/C/C=C/C/C=C/CCC(=O)OC[C@H](COP(=O)([O-])OCC[N+](C)(C)C)OC(=O)CCCCCCCCCCCCCCCCCC. The third kappa shape index (κ3) is 45.1. The number of unbranched alkanes of at least 4 members (excludes halogenated alkanes) is 18. The number of ether oxygens (including phenoxy) is 2. The summed E-state index contributed by atoms with van der Waals surface area (Å²) < 4.78 is 33.9. The fourth-order valence-electron chi connectivity index (χ4n) is 6.11. The van der Waals surface area contributed by atoms with E-state index < -0.39 is 32.5 Å². The van der Waals surface area contributed by atoms with Crippen LogP contribution in [-0.4, -0.2) is 70.0 Å². The van der Waals surface area contributed by atoms with Gasteiger partial charge in [0.2, 0.25) is 0 Å². The van der Waals surface area contributed by atoms with Gasteiger partial charge in [0.25, 0.3) is 7.82 Å². The van der Waals surface area contributed by atoms with Gasteiger partial charge in [0.05, 0.1) is 27.7 Å². The van der Waals surface area contributed by atoms with E-state index in [0.29, 0.717) is 23.9 Å². The molecular formula is C49H88NO8P. The second kappa shape index (κ2) is 41.1. The number of allylic oxidation sites excluding steroid dienone is 10. The summed E-state index contributed by atoms with van der Waals surface area (Å²) in [6.07, 6.45) is 49.7. The number of carbonyl (C=O) groups excluding carboxylic acids is 2. The first-order valence-corrected chi connectivity index (χ1v) is 25.0. The van der Waals surface area contributed by atoms with E-state index in [9.17, 15) is 19.0 Å². The average Bonchev–Trinajstić information content (AvgIpc) is 3.19. The van der Waals surface area contributed by atoms with Crippen LogP contribution in [0.15, 0.2) is 60.8 Å². The number of rotatable bonds is 42. The van der Waals surface area contributed by atoms with Gasteiger partial charge in [-0.1, -0.05) is 184 Å². The first-order valence-electron chi connectivity index (χ1n) is 23.5. The molecule has 0 aromatic heterocycles. The van der Waals surface area contributed by atoms with Crippen LogP contribution in [-0.2, 0) is 32.7 Å². The molecule has 0 radical (unpaired) electrons. The summed E-state index contributed by atoms with van der Waals surface area (Å²) in [5.41, 5.74) is 0. The Balaban J connectivity index is 4.43. The number of phosphoric ester groups is 1. The number of likely N-dealkylation sites (N-methyl/N-ethyl adjacent to an activating group) is 1. The number of quaternary nitrogens is 1. The molecule has 0 fully saturated rings. The van der Waals surface area contributed by atoms with Crippen molar-refractivity contribution in [3.8, 4) is 0 Å². The molecule has 0 spiro atoms. The maximum Gasteiger partial charge on any atom is 0.306 e. The smallest absolute Gasteiger partial charge is 0.306 e. The molecule has 0 saturated heterocycles.